The van der Waals surface area contributed by atoms with Crippen LogP contribution in [0.15, 0.2) is 27.6 Å². The van der Waals surface area contributed by atoms with E-state index in [0.29, 0.717) is 4.47 Å². The van der Waals surface area contributed by atoms with Crippen molar-refractivity contribution in [1.82, 2.24) is 4.98 Å². The van der Waals surface area contributed by atoms with Gasteiger partial charge in [-0.25, -0.2) is 17.8 Å². The highest BCUT2D eigenvalue weighted by molar-refractivity contribution is 9.10. The van der Waals surface area contributed by atoms with Crippen LogP contribution in [-0.4, -0.2) is 13.4 Å². The topological polar surface area (TPSA) is 59.1 Å². The zero-order valence-electron chi connectivity index (χ0n) is 10.1. The van der Waals surface area contributed by atoms with Crippen molar-refractivity contribution in [1.29, 1.82) is 0 Å². The van der Waals surface area contributed by atoms with Crippen LogP contribution < -0.4 is 4.72 Å². The van der Waals surface area contributed by atoms with Gasteiger partial charge in [0.1, 0.15) is 10.7 Å². The van der Waals surface area contributed by atoms with Gasteiger partial charge in [-0.3, -0.25) is 4.72 Å². The second-order valence-electron chi connectivity index (χ2n) is 3.84. The molecule has 4 nitrogen and oxygen atoms in total. The van der Waals surface area contributed by atoms with Crippen LogP contribution in [-0.2, 0) is 10.0 Å². The molecule has 0 radical (unpaired) electrons. The van der Waals surface area contributed by atoms with E-state index in [9.17, 15) is 12.8 Å². The lowest BCUT2D eigenvalue weighted by atomic mass is 10.3. The number of hydrogen-bond donors (Lipinski definition) is 1. The Morgan fingerprint density at radius 3 is 2.58 bits per heavy atom. The molecule has 102 valence electrons. The molecule has 1 N–H and O–H groups in total. The summed E-state index contributed by atoms with van der Waals surface area (Å²) in [6, 6.07) is 3.78. The lowest BCUT2D eigenvalue weighted by Crippen LogP contribution is -2.14. The first-order valence-corrected chi connectivity index (χ1v) is 8.31. The fourth-order valence-corrected chi connectivity index (χ4v) is 3.82. The molecule has 1 aromatic heterocycles. The standard InChI is InChI=1S/C11H10BrFN2O2S2/c1-6-7(2)18-11(14-6)15-19(16,17)10-4-3-8(12)5-9(10)13/h3-5H,1-2H3,(H,14,15). The SMILES string of the molecule is Cc1nc(NS(=O)(=O)c2ccc(Br)cc2F)sc1C. The second kappa shape index (κ2) is 5.18. The molecular weight excluding hydrogens is 355 g/mol. The maximum Gasteiger partial charge on any atom is 0.266 e. The van der Waals surface area contributed by atoms with Gasteiger partial charge in [-0.05, 0) is 32.0 Å². The molecule has 1 heterocycles. The summed E-state index contributed by atoms with van der Waals surface area (Å²) in [5.74, 6) is -0.813. The number of aromatic nitrogens is 1. The van der Waals surface area contributed by atoms with E-state index in [2.05, 4.69) is 25.6 Å². The van der Waals surface area contributed by atoms with Gasteiger partial charge in [-0.15, -0.1) is 11.3 Å². The molecule has 2 aromatic rings. The number of sulfonamides is 1. The molecule has 0 atom stereocenters. The summed E-state index contributed by atoms with van der Waals surface area (Å²) >= 11 is 4.29. The maximum atomic E-state index is 13.7. The van der Waals surface area contributed by atoms with Crippen molar-refractivity contribution in [2.75, 3.05) is 4.72 Å². The third-order valence-corrected chi connectivity index (χ3v) is 5.42. The summed E-state index contributed by atoms with van der Waals surface area (Å²) in [4.78, 5) is 4.57. The molecule has 0 aliphatic carbocycles. The highest BCUT2D eigenvalue weighted by Crippen LogP contribution is 2.26. The first-order valence-electron chi connectivity index (χ1n) is 5.21. The molecule has 0 aliphatic heterocycles. The van der Waals surface area contributed by atoms with E-state index in [1.54, 1.807) is 6.92 Å². The fourth-order valence-electron chi connectivity index (χ4n) is 1.38. The van der Waals surface area contributed by atoms with Crippen molar-refractivity contribution in [3.8, 4) is 0 Å². The zero-order valence-corrected chi connectivity index (χ0v) is 13.3. The Labute approximate surface area is 122 Å². The van der Waals surface area contributed by atoms with Crippen molar-refractivity contribution in [3.63, 3.8) is 0 Å². The van der Waals surface area contributed by atoms with E-state index in [1.807, 2.05) is 6.92 Å². The van der Waals surface area contributed by atoms with Gasteiger partial charge in [0, 0.05) is 9.35 Å². The third kappa shape index (κ3) is 3.13. The molecule has 0 bridgehead atoms. The van der Waals surface area contributed by atoms with E-state index in [4.69, 9.17) is 0 Å². The van der Waals surface area contributed by atoms with Crippen LogP contribution in [0.1, 0.15) is 10.6 Å². The molecule has 0 saturated heterocycles. The fraction of sp³-hybridized carbons (Fsp3) is 0.182. The Hall–Kier alpha value is -0.990. The number of aryl methyl sites for hydroxylation is 2. The second-order valence-corrected chi connectivity index (χ2v) is 7.61. The normalized spacial score (nSPS) is 11.6. The molecule has 0 unspecified atom stereocenters. The molecule has 8 heteroatoms. The van der Waals surface area contributed by atoms with Crippen LogP contribution in [0.5, 0.6) is 0 Å². The summed E-state index contributed by atoms with van der Waals surface area (Å²) in [5, 5.41) is 0.234. The summed E-state index contributed by atoms with van der Waals surface area (Å²) in [7, 11) is -3.96. The van der Waals surface area contributed by atoms with Gasteiger partial charge in [-0.2, -0.15) is 0 Å². The number of thiazole rings is 1. The highest BCUT2D eigenvalue weighted by Gasteiger charge is 2.21. The van der Waals surface area contributed by atoms with Crippen LogP contribution in [0.3, 0.4) is 0 Å². The number of nitrogens with zero attached hydrogens (tertiary/aromatic N) is 1. The van der Waals surface area contributed by atoms with Crippen molar-refractivity contribution < 1.29 is 12.8 Å². The van der Waals surface area contributed by atoms with Crippen molar-refractivity contribution in [2.24, 2.45) is 0 Å². The van der Waals surface area contributed by atoms with Gasteiger partial charge in [0.05, 0.1) is 5.69 Å². The predicted octanol–water partition coefficient (Wildman–Crippen LogP) is 3.46. The largest absolute Gasteiger partial charge is 0.266 e. The molecule has 0 saturated carbocycles. The molecule has 19 heavy (non-hydrogen) atoms. The first-order chi connectivity index (χ1) is 8.79. The van der Waals surface area contributed by atoms with E-state index in [1.165, 1.54) is 23.5 Å². The number of rotatable bonds is 3. The first kappa shape index (κ1) is 14.4. The summed E-state index contributed by atoms with van der Waals surface area (Å²) in [5.41, 5.74) is 0.749. The van der Waals surface area contributed by atoms with E-state index in [0.717, 1.165) is 16.6 Å². The van der Waals surface area contributed by atoms with Crippen LogP contribution in [0, 0.1) is 19.7 Å². The number of anilines is 1. The van der Waals surface area contributed by atoms with Crippen LogP contribution in [0.2, 0.25) is 0 Å². The molecule has 0 fully saturated rings. The van der Waals surface area contributed by atoms with Gasteiger partial charge in [0.15, 0.2) is 5.13 Å². The van der Waals surface area contributed by atoms with Crippen molar-refractivity contribution in [2.45, 2.75) is 18.7 Å². The quantitative estimate of drug-likeness (QED) is 0.906. The Balaban J connectivity index is 2.37. The highest BCUT2D eigenvalue weighted by atomic mass is 79.9. The average molecular weight is 365 g/mol. The molecular formula is C11H10BrFN2O2S2. The Kier molecular flexibility index (Phi) is 3.93. The Bertz CT molecular complexity index is 709. The number of hydrogen-bond acceptors (Lipinski definition) is 4. The average Bonchev–Trinajstić information content (AvgIpc) is 2.56. The predicted molar refractivity (Wildman–Crippen MR) is 76.5 cm³/mol. The van der Waals surface area contributed by atoms with Crippen molar-refractivity contribution in [3.05, 3.63) is 39.1 Å². The molecule has 0 spiro atoms. The minimum atomic E-state index is -3.96. The van der Waals surface area contributed by atoms with E-state index in [-0.39, 0.29) is 5.13 Å². The van der Waals surface area contributed by atoms with Gasteiger partial charge in [0.2, 0.25) is 0 Å². The zero-order chi connectivity index (χ0) is 14.2. The Morgan fingerprint density at radius 1 is 1.37 bits per heavy atom. The van der Waals surface area contributed by atoms with Gasteiger partial charge in [0.25, 0.3) is 10.0 Å². The number of halogens is 2. The lowest BCUT2D eigenvalue weighted by molar-refractivity contribution is 0.570. The van der Waals surface area contributed by atoms with Crippen LogP contribution in [0.4, 0.5) is 9.52 Å². The van der Waals surface area contributed by atoms with Gasteiger partial charge >= 0.3 is 0 Å². The number of nitrogens with one attached hydrogen (secondary N) is 1. The number of benzene rings is 1. The van der Waals surface area contributed by atoms with E-state index < -0.39 is 20.7 Å². The van der Waals surface area contributed by atoms with Gasteiger partial charge in [-0.1, -0.05) is 15.9 Å². The minimum absolute atomic E-state index is 0.234. The van der Waals surface area contributed by atoms with Gasteiger partial charge < -0.3 is 0 Å². The van der Waals surface area contributed by atoms with Crippen LogP contribution in [0.25, 0.3) is 0 Å². The molecule has 1 aromatic carbocycles. The lowest BCUT2D eigenvalue weighted by Gasteiger charge is -2.06. The molecule has 0 amide bonds. The smallest absolute Gasteiger partial charge is 0.255 e. The van der Waals surface area contributed by atoms with E-state index >= 15 is 0 Å². The Morgan fingerprint density at radius 2 is 2.05 bits per heavy atom. The molecule has 0 aliphatic rings. The summed E-state index contributed by atoms with van der Waals surface area (Å²) in [6.45, 7) is 3.62. The van der Waals surface area contributed by atoms with Crippen molar-refractivity contribution >= 4 is 42.4 Å². The maximum absolute atomic E-state index is 13.7. The van der Waals surface area contributed by atoms with Crippen LogP contribution >= 0.6 is 27.3 Å². The summed E-state index contributed by atoms with van der Waals surface area (Å²) in [6.07, 6.45) is 0. The summed E-state index contributed by atoms with van der Waals surface area (Å²) < 4.78 is 40.5. The molecule has 2 rings (SSSR count). The minimum Gasteiger partial charge on any atom is -0.255 e. The monoisotopic (exact) mass is 364 g/mol. The third-order valence-electron chi connectivity index (χ3n) is 2.43.